The molecule has 0 bridgehead atoms. The van der Waals surface area contributed by atoms with Gasteiger partial charge in [-0.25, -0.2) is 0 Å². The fraction of sp³-hybridized carbons (Fsp3) is 0.538. The van der Waals surface area contributed by atoms with Crippen LogP contribution in [0.15, 0.2) is 23.1 Å². The minimum absolute atomic E-state index is 0.247. The molecule has 6 nitrogen and oxygen atoms in total. The molecular formula is C13H20N4O2. The Hall–Kier alpha value is -1.82. The zero-order chi connectivity index (χ0) is 13.7. The molecule has 2 heterocycles. The van der Waals surface area contributed by atoms with Crippen molar-refractivity contribution in [2.45, 2.75) is 33.9 Å². The van der Waals surface area contributed by atoms with Crippen molar-refractivity contribution >= 4 is 0 Å². The lowest BCUT2D eigenvalue weighted by atomic mass is 10.2. The van der Waals surface area contributed by atoms with Crippen molar-refractivity contribution in [3.8, 4) is 11.8 Å². The Kier molecular flexibility index (Phi) is 4.57. The second-order valence-electron chi connectivity index (χ2n) is 4.76. The predicted octanol–water partition coefficient (Wildman–Crippen LogP) is 2.43. The van der Waals surface area contributed by atoms with Crippen LogP contribution in [0, 0.1) is 5.92 Å². The third-order valence-corrected chi connectivity index (χ3v) is 2.53. The number of rotatable bonds is 7. The summed E-state index contributed by atoms with van der Waals surface area (Å²) < 4.78 is 12.5. The maximum Gasteiger partial charge on any atom is 0.399 e. The van der Waals surface area contributed by atoms with Crippen LogP contribution >= 0.6 is 0 Å². The molecule has 2 aromatic rings. The van der Waals surface area contributed by atoms with Gasteiger partial charge in [-0.2, -0.15) is 10.1 Å². The number of aromatic nitrogens is 3. The van der Waals surface area contributed by atoms with Gasteiger partial charge in [-0.05, 0) is 19.4 Å². The Bertz CT molecular complexity index is 504. The first-order chi connectivity index (χ1) is 9.17. The number of hydrogen-bond donors (Lipinski definition) is 1. The zero-order valence-electron chi connectivity index (χ0n) is 11.6. The third-order valence-electron chi connectivity index (χ3n) is 2.53. The fourth-order valence-electron chi connectivity index (χ4n) is 1.58. The fourth-order valence-corrected chi connectivity index (χ4v) is 1.58. The van der Waals surface area contributed by atoms with E-state index in [1.54, 1.807) is 23.3 Å². The van der Waals surface area contributed by atoms with Gasteiger partial charge in [-0.15, -0.1) is 0 Å². The minimum Gasteiger partial charge on any atom is -0.417 e. The lowest BCUT2D eigenvalue weighted by molar-refractivity contribution is 0.330. The normalized spacial score (nSPS) is 11.2. The number of oxazole rings is 1. The number of nitrogens with zero attached hydrogens (tertiary/aromatic N) is 3. The van der Waals surface area contributed by atoms with Crippen LogP contribution in [-0.4, -0.2) is 21.3 Å². The standard InChI is InChI=1S/C13H20N4O2/c1-4-17-8-12(7-15-17)19-13-16-11(9-18-13)6-14-5-10(2)3/h7-10,14H,4-6H2,1-3H3. The molecule has 0 atom stereocenters. The first kappa shape index (κ1) is 13.6. The summed E-state index contributed by atoms with van der Waals surface area (Å²) in [5, 5.41) is 7.41. The van der Waals surface area contributed by atoms with E-state index in [2.05, 4.69) is 29.2 Å². The molecule has 2 aromatic heterocycles. The summed E-state index contributed by atoms with van der Waals surface area (Å²) in [5.41, 5.74) is 0.832. The van der Waals surface area contributed by atoms with Crippen molar-refractivity contribution in [3.05, 3.63) is 24.4 Å². The van der Waals surface area contributed by atoms with Crippen molar-refractivity contribution in [1.29, 1.82) is 0 Å². The van der Waals surface area contributed by atoms with Crippen molar-refractivity contribution in [3.63, 3.8) is 0 Å². The van der Waals surface area contributed by atoms with E-state index in [-0.39, 0.29) is 6.08 Å². The Balaban J connectivity index is 1.86. The van der Waals surface area contributed by atoms with Gasteiger partial charge in [0.05, 0.1) is 18.1 Å². The topological polar surface area (TPSA) is 65.1 Å². The van der Waals surface area contributed by atoms with Crippen LogP contribution in [0.2, 0.25) is 0 Å². The average molecular weight is 264 g/mol. The van der Waals surface area contributed by atoms with E-state index < -0.39 is 0 Å². The van der Waals surface area contributed by atoms with Gasteiger partial charge in [0.2, 0.25) is 0 Å². The minimum atomic E-state index is 0.247. The van der Waals surface area contributed by atoms with Crippen LogP contribution < -0.4 is 10.1 Å². The Morgan fingerprint density at radius 1 is 1.47 bits per heavy atom. The van der Waals surface area contributed by atoms with E-state index in [1.807, 2.05) is 6.92 Å². The van der Waals surface area contributed by atoms with E-state index in [1.165, 1.54) is 0 Å². The summed E-state index contributed by atoms with van der Waals surface area (Å²) in [4.78, 5) is 4.25. The SMILES string of the molecule is CCn1cc(Oc2nc(CNCC(C)C)co2)cn1. The molecule has 0 amide bonds. The molecule has 1 N–H and O–H groups in total. The first-order valence-electron chi connectivity index (χ1n) is 6.52. The summed E-state index contributed by atoms with van der Waals surface area (Å²) in [6, 6.07) is 0. The molecule has 0 radical (unpaired) electrons. The zero-order valence-corrected chi connectivity index (χ0v) is 11.6. The highest BCUT2D eigenvalue weighted by Crippen LogP contribution is 2.19. The van der Waals surface area contributed by atoms with Gasteiger partial charge in [-0.1, -0.05) is 13.8 Å². The van der Waals surface area contributed by atoms with Crippen LogP contribution in [0.4, 0.5) is 0 Å². The molecular weight excluding hydrogens is 244 g/mol. The van der Waals surface area contributed by atoms with Crippen molar-refractivity contribution in [2.75, 3.05) is 6.54 Å². The molecule has 0 aliphatic heterocycles. The monoisotopic (exact) mass is 264 g/mol. The Labute approximate surface area is 112 Å². The molecule has 0 aliphatic rings. The Morgan fingerprint density at radius 2 is 2.32 bits per heavy atom. The maximum atomic E-state index is 5.48. The van der Waals surface area contributed by atoms with Crippen molar-refractivity contribution in [1.82, 2.24) is 20.1 Å². The summed E-state index contributed by atoms with van der Waals surface area (Å²) in [7, 11) is 0. The molecule has 0 aromatic carbocycles. The van der Waals surface area contributed by atoms with E-state index in [4.69, 9.17) is 9.15 Å². The number of nitrogens with one attached hydrogen (secondary N) is 1. The summed E-state index contributed by atoms with van der Waals surface area (Å²) in [5.74, 6) is 1.24. The van der Waals surface area contributed by atoms with E-state index >= 15 is 0 Å². The van der Waals surface area contributed by atoms with Gasteiger partial charge in [0, 0.05) is 13.1 Å². The molecule has 104 valence electrons. The highest BCUT2D eigenvalue weighted by atomic mass is 16.6. The molecule has 0 fully saturated rings. The van der Waals surface area contributed by atoms with Crippen molar-refractivity contribution in [2.24, 2.45) is 5.92 Å². The largest absolute Gasteiger partial charge is 0.417 e. The molecule has 0 unspecified atom stereocenters. The first-order valence-corrected chi connectivity index (χ1v) is 6.52. The van der Waals surface area contributed by atoms with Crippen molar-refractivity contribution < 1.29 is 9.15 Å². The second-order valence-corrected chi connectivity index (χ2v) is 4.76. The molecule has 0 spiro atoms. The summed E-state index contributed by atoms with van der Waals surface area (Å²) >= 11 is 0. The average Bonchev–Trinajstić information content (AvgIpc) is 2.99. The van der Waals surface area contributed by atoms with Gasteiger partial charge in [0.25, 0.3) is 0 Å². The molecule has 0 saturated heterocycles. The van der Waals surface area contributed by atoms with Gasteiger partial charge in [0.15, 0.2) is 5.75 Å². The molecule has 6 heteroatoms. The quantitative estimate of drug-likeness (QED) is 0.832. The second kappa shape index (κ2) is 6.38. The molecule has 19 heavy (non-hydrogen) atoms. The summed E-state index contributed by atoms with van der Waals surface area (Å²) in [6.07, 6.45) is 5.30. The van der Waals surface area contributed by atoms with Crippen LogP contribution in [-0.2, 0) is 13.1 Å². The summed E-state index contributed by atoms with van der Waals surface area (Å²) in [6.45, 7) is 8.77. The lowest BCUT2D eigenvalue weighted by Crippen LogP contribution is -2.19. The van der Waals surface area contributed by atoms with Crippen LogP contribution in [0.3, 0.4) is 0 Å². The highest BCUT2D eigenvalue weighted by molar-refractivity contribution is 5.16. The number of hydrogen-bond acceptors (Lipinski definition) is 5. The van der Waals surface area contributed by atoms with E-state index in [9.17, 15) is 0 Å². The maximum absolute atomic E-state index is 5.48. The molecule has 2 rings (SSSR count). The third kappa shape index (κ3) is 4.10. The Morgan fingerprint density at radius 3 is 3.00 bits per heavy atom. The predicted molar refractivity (Wildman–Crippen MR) is 71.0 cm³/mol. The van der Waals surface area contributed by atoms with Crippen LogP contribution in [0.25, 0.3) is 0 Å². The smallest absolute Gasteiger partial charge is 0.399 e. The highest BCUT2D eigenvalue weighted by Gasteiger charge is 2.07. The molecule has 0 aliphatic carbocycles. The van der Waals surface area contributed by atoms with Crippen LogP contribution in [0.5, 0.6) is 11.8 Å². The van der Waals surface area contributed by atoms with Crippen LogP contribution in [0.1, 0.15) is 26.5 Å². The number of ether oxygens (including phenoxy) is 1. The van der Waals surface area contributed by atoms with Gasteiger partial charge < -0.3 is 14.5 Å². The van der Waals surface area contributed by atoms with Gasteiger partial charge in [0.1, 0.15) is 6.26 Å². The van der Waals surface area contributed by atoms with Gasteiger partial charge >= 0.3 is 6.08 Å². The van der Waals surface area contributed by atoms with E-state index in [0.717, 1.165) is 18.8 Å². The lowest BCUT2D eigenvalue weighted by Gasteiger charge is -2.04. The van der Waals surface area contributed by atoms with Gasteiger partial charge in [-0.3, -0.25) is 4.68 Å². The number of aryl methyl sites for hydroxylation is 1. The molecule has 0 saturated carbocycles. The van der Waals surface area contributed by atoms with E-state index in [0.29, 0.717) is 18.2 Å².